The Bertz CT molecular complexity index is 825. The van der Waals surface area contributed by atoms with Gasteiger partial charge in [-0.2, -0.15) is 0 Å². The minimum absolute atomic E-state index is 0.0954. The molecule has 7 heteroatoms. The number of esters is 1. The van der Waals surface area contributed by atoms with Gasteiger partial charge in [-0.3, -0.25) is 9.59 Å². The van der Waals surface area contributed by atoms with Crippen molar-refractivity contribution in [3.05, 3.63) is 35.5 Å². The fourth-order valence-electron chi connectivity index (χ4n) is 4.88. The van der Waals surface area contributed by atoms with Crippen molar-refractivity contribution >= 4 is 11.8 Å². The van der Waals surface area contributed by atoms with Crippen LogP contribution in [0.25, 0.3) is 0 Å². The molecule has 0 aromatic heterocycles. The highest BCUT2D eigenvalue weighted by molar-refractivity contribution is 5.88. The summed E-state index contributed by atoms with van der Waals surface area (Å²) in [7, 11) is 0. The average molecular weight is 479 g/mol. The number of aliphatic hydroxyl groups excluding tert-OH is 2. The van der Waals surface area contributed by atoms with E-state index in [-0.39, 0.29) is 18.6 Å². The third-order valence-corrected chi connectivity index (χ3v) is 6.90. The first kappa shape index (κ1) is 28.4. The summed E-state index contributed by atoms with van der Waals surface area (Å²) in [5, 5.41) is 32.4. The highest BCUT2D eigenvalue weighted by Gasteiger charge is 2.43. The van der Waals surface area contributed by atoms with Gasteiger partial charge in [0.2, 0.25) is 0 Å². The Kier molecular flexibility index (Phi) is 9.83. The van der Waals surface area contributed by atoms with Gasteiger partial charge in [0.1, 0.15) is 11.9 Å². The van der Waals surface area contributed by atoms with Crippen LogP contribution >= 0.6 is 0 Å². The van der Waals surface area contributed by atoms with E-state index >= 15 is 0 Å². The molecule has 0 spiro atoms. The summed E-state index contributed by atoms with van der Waals surface area (Å²) < 4.78 is 11.6. The maximum absolute atomic E-state index is 13.3. The monoisotopic (exact) mass is 478 g/mol. The van der Waals surface area contributed by atoms with Gasteiger partial charge in [-0.25, -0.2) is 0 Å². The number of ether oxygens (including phenoxy) is 2. The van der Waals surface area contributed by atoms with Gasteiger partial charge in [0.25, 0.3) is 0 Å². The maximum atomic E-state index is 13.3. The predicted octanol–water partition coefficient (Wildman–Crippen LogP) is 3.76. The topological polar surface area (TPSA) is 113 Å². The number of carbonyl (C=O) groups excluding carboxylic acids is 2. The van der Waals surface area contributed by atoms with Gasteiger partial charge in [0, 0.05) is 25.2 Å². The zero-order valence-electron chi connectivity index (χ0n) is 21.4. The van der Waals surface area contributed by atoms with Gasteiger partial charge in [0.05, 0.1) is 30.1 Å². The molecule has 34 heavy (non-hydrogen) atoms. The number of cyclic esters (lactones) is 1. The fraction of sp³-hybridized carbons (Fsp3) is 0.704. The first-order valence-electron chi connectivity index (χ1n) is 12.2. The molecule has 1 unspecified atom stereocenters. The van der Waals surface area contributed by atoms with Crippen LogP contribution in [0.3, 0.4) is 0 Å². The van der Waals surface area contributed by atoms with Crippen LogP contribution in [0.2, 0.25) is 0 Å². The van der Waals surface area contributed by atoms with Crippen LogP contribution in [0, 0.1) is 11.3 Å². The Hall–Kier alpha value is -1.80. The number of hydrogen-bond acceptors (Lipinski definition) is 7. The molecule has 0 radical (unpaired) electrons. The molecule has 192 valence electrons. The molecule has 7 nitrogen and oxygen atoms in total. The standard InChI is InChI=1S/C27H42O7/c1-7-8-9-10-21-12-11-17(2)24(30)26(5,6)25(31)19(4)13-18(3)22-14-20(28)15-27(32,34-22)16-23(29)33-21/h7-8,11,13,19-22,24,28,30,32H,9-10,12,14-16H2,1-6H3/b8-7+,17-11+,18-13+/t19-,20-,21+,22?,24+,27+/m0/s1. The van der Waals surface area contributed by atoms with Crippen molar-refractivity contribution in [2.45, 2.75) is 110 Å². The molecular formula is C27H42O7. The van der Waals surface area contributed by atoms with Crippen LogP contribution in [0.5, 0.6) is 0 Å². The molecule has 2 aliphatic rings. The number of hydrogen-bond donors (Lipinski definition) is 3. The molecule has 3 N–H and O–H groups in total. The third-order valence-electron chi connectivity index (χ3n) is 6.90. The maximum Gasteiger partial charge on any atom is 0.311 e. The molecule has 2 rings (SSSR count). The molecule has 6 atom stereocenters. The smallest absolute Gasteiger partial charge is 0.311 e. The minimum Gasteiger partial charge on any atom is -0.462 e. The summed E-state index contributed by atoms with van der Waals surface area (Å²) >= 11 is 0. The number of rotatable bonds is 3. The van der Waals surface area contributed by atoms with Gasteiger partial charge in [-0.1, -0.05) is 45.1 Å². The van der Waals surface area contributed by atoms with Crippen LogP contribution in [-0.2, 0) is 19.1 Å². The highest BCUT2D eigenvalue weighted by atomic mass is 16.6. The second-order valence-corrected chi connectivity index (χ2v) is 10.5. The van der Waals surface area contributed by atoms with E-state index in [1.165, 1.54) is 0 Å². The van der Waals surface area contributed by atoms with E-state index < -0.39 is 53.9 Å². The molecule has 2 bridgehead atoms. The van der Waals surface area contributed by atoms with E-state index in [4.69, 9.17) is 9.47 Å². The van der Waals surface area contributed by atoms with Crippen molar-refractivity contribution in [3.63, 3.8) is 0 Å². The van der Waals surface area contributed by atoms with Crippen molar-refractivity contribution in [1.82, 2.24) is 0 Å². The largest absolute Gasteiger partial charge is 0.462 e. The molecule has 0 aromatic carbocycles. The normalized spacial score (nSPS) is 39.1. The van der Waals surface area contributed by atoms with Gasteiger partial charge in [-0.15, -0.1) is 0 Å². The molecule has 1 fully saturated rings. The van der Waals surface area contributed by atoms with Gasteiger partial charge in [-0.05, 0) is 44.8 Å². The van der Waals surface area contributed by atoms with Crippen LogP contribution in [0.4, 0.5) is 0 Å². The van der Waals surface area contributed by atoms with E-state index in [0.717, 1.165) is 0 Å². The Morgan fingerprint density at radius 1 is 1.18 bits per heavy atom. The lowest BCUT2D eigenvalue weighted by Crippen LogP contribution is -2.48. The third kappa shape index (κ3) is 7.35. The van der Waals surface area contributed by atoms with Crippen molar-refractivity contribution in [3.8, 4) is 0 Å². The predicted molar refractivity (Wildman–Crippen MR) is 130 cm³/mol. The summed E-state index contributed by atoms with van der Waals surface area (Å²) in [5.41, 5.74) is 0.284. The number of fused-ring (bicyclic) bond motifs is 2. The lowest BCUT2D eigenvalue weighted by molar-refractivity contribution is -0.267. The first-order valence-corrected chi connectivity index (χ1v) is 12.2. The van der Waals surface area contributed by atoms with E-state index in [0.29, 0.717) is 30.4 Å². The van der Waals surface area contributed by atoms with Crippen molar-refractivity contribution in [1.29, 1.82) is 0 Å². The van der Waals surface area contributed by atoms with E-state index in [1.54, 1.807) is 40.7 Å². The van der Waals surface area contributed by atoms with Crippen molar-refractivity contribution in [2.75, 3.05) is 0 Å². The molecule has 1 saturated heterocycles. The number of ketones is 1. The quantitative estimate of drug-likeness (QED) is 0.418. The lowest BCUT2D eigenvalue weighted by Gasteiger charge is -2.40. The molecule has 0 aliphatic carbocycles. The molecule has 0 saturated carbocycles. The van der Waals surface area contributed by atoms with Crippen molar-refractivity contribution in [2.24, 2.45) is 11.3 Å². The zero-order chi connectivity index (χ0) is 25.7. The van der Waals surface area contributed by atoms with Gasteiger partial charge in [0.15, 0.2) is 5.79 Å². The Labute approximate surface area is 203 Å². The number of allylic oxidation sites excluding steroid dienone is 3. The Balaban J connectivity index is 2.44. The van der Waals surface area contributed by atoms with Crippen LogP contribution in [0.1, 0.15) is 80.1 Å². The van der Waals surface area contributed by atoms with E-state index in [9.17, 15) is 24.9 Å². The molecular weight excluding hydrogens is 436 g/mol. The second-order valence-electron chi connectivity index (χ2n) is 10.5. The number of Topliss-reactive ketones (excluding diaryl/α,β-unsaturated/α-hetero) is 1. The zero-order valence-corrected chi connectivity index (χ0v) is 21.4. The van der Waals surface area contributed by atoms with Gasteiger partial charge >= 0.3 is 5.97 Å². The summed E-state index contributed by atoms with van der Waals surface area (Å²) in [6, 6.07) is 0. The van der Waals surface area contributed by atoms with Crippen LogP contribution in [-0.4, -0.2) is 57.3 Å². The molecule has 0 aromatic rings. The van der Waals surface area contributed by atoms with Crippen LogP contribution in [0.15, 0.2) is 35.5 Å². The summed E-state index contributed by atoms with van der Waals surface area (Å²) in [5.74, 6) is -3.10. The van der Waals surface area contributed by atoms with Gasteiger partial charge < -0.3 is 24.8 Å². The summed E-state index contributed by atoms with van der Waals surface area (Å²) in [4.78, 5) is 26.1. The minimum atomic E-state index is -1.85. The average Bonchev–Trinajstić information content (AvgIpc) is 2.74. The number of carbonyl (C=O) groups is 2. The van der Waals surface area contributed by atoms with Crippen LogP contribution < -0.4 is 0 Å². The Morgan fingerprint density at radius 3 is 2.50 bits per heavy atom. The highest BCUT2D eigenvalue weighted by Crippen LogP contribution is 2.36. The van der Waals surface area contributed by atoms with E-state index in [2.05, 4.69) is 0 Å². The number of aliphatic hydroxyl groups is 3. The second kappa shape index (κ2) is 11.8. The van der Waals surface area contributed by atoms with E-state index in [1.807, 2.05) is 25.2 Å². The van der Waals surface area contributed by atoms with Crippen molar-refractivity contribution < 1.29 is 34.4 Å². The SMILES string of the molecule is C/C=C/CC[C@@H]1C/C=C(\C)[C@@H](O)C(C)(C)C(=O)[C@@H](C)/C=C(\C)C2C[C@H](O)C[C@](O)(CC(=O)O1)O2. The molecule has 0 amide bonds. The molecule has 2 heterocycles. The Morgan fingerprint density at radius 2 is 1.85 bits per heavy atom. The molecule has 2 aliphatic heterocycles. The first-order chi connectivity index (χ1) is 15.8. The fourth-order valence-corrected chi connectivity index (χ4v) is 4.88. The summed E-state index contributed by atoms with van der Waals surface area (Å²) in [6.45, 7) is 10.7. The lowest BCUT2D eigenvalue weighted by atomic mass is 9.74. The summed E-state index contributed by atoms with van der Waals surface area (Å²) in [6.07, 6.45) is 5.90.